The molecule has 0 bridgehead atoms. The van der Waals surface area contributed by atoms with Gasteiger partial charge >= 0.3 is 0 Å². The molecule has 1 fully saturated rings. The zero-order valence-corrected chi connectivity index (χ0v) is 8.26. The van der Waals surface area contributed by atoms with Gasteiger partial charge in [0, 0.05) is 6.54 Å². The maximum absolute atomic E-state index is 11.9. The van der Waals surface area contributed by atoms with Gasteiger partial charge in [-0.2, -0.15) is 0 Å². The van der Waals surface area contributed by atoms with Crippen LogP contribution in [0.25, 0.3) is 0 Å². The number of hydrogen-bond acceptors (Lipinski definition) is 4. The third-order valence-electron chi connectivity index (χ3n) is 2.43. The average Bonchev–Trinajstić information content (AvgIpc) is 2.81. The van der Waals surface area contributed by atoms with Crippen molar-refractivity contribution in [3.05, 3.63) is 24.2 Å². The van der Waals surface area contributed by atoms with E-state index < -0.39 is 0 Å². The van der Waals surface area contributed by atoms with Crippen molar-refractivity contribution in [2.24, 2.45) is 0 Å². The lowest BCUT2D eigenvalue weighted by atomic mass is 10.2. The molecule has 15 heavy (non-hydrogen) atoms. The largest absolute Gasteiger partial charge is 0.459 e. The first-order valence-electron chi connectivity index (χ1n) is 4.86. The van der Waals surface area contributed by atoms with Crippen molar-refractivity contribution < 1.29 is 19.1 Å². The number of carbonyl (C=O) groups excluding carboxylic acids is 1. The monoisotopic (exact) mass is 211 g/mol. The van der Waals surface area contributed by atoms with Crippen LogP contribution in [0.4, 0.5) is 0 Å². The number of amides is 1. The molecule has 0 aliphatic carbocycles. The van der Waals surface area contributed by atoms with Crippen LogP contribution in [0.2, 0.25) is 0 Å². The first-order valence-corrected chi connectivity index (χ1v) is 4.86. The molecule has 1 aromatic heterocycles. The highest BCUT2D eigenvalue weighted by atomic mass is 16.5. The van der Waals surface area contributed by atoms with E-state index in [2.05, 4.69) is 0 Å². The van der Waals surface area contributed by atoms with Crippen molar-refractivity contribution in [1.82, 2.24) is 4.90 Å². The summed E-state index contributed by atoms with van der Waals surface area (Å²) in [6.07, 6.45) is 1.46. The summed E-state index contributed by atoms with van der Waals surface area (Å²) in [5.74, 6) is 0.109. The second-order valence-corrected chi connectivity index (χ2v) is 3.39. The standard InChI is InChI=1S/C10H13NO4/c12-6-8-7-14-5-3-11(8)10(13)9-2-1-4-15-9/h1-2,4,8,12H,3,5-7H2/t8-/m0/s1. The molecule has 2 heterocycles. The van der Waals surface area contributed by atoms with Crippen LogP contribution >= 0.6 is 0 Å². The Hall–Kier alpha value is -1.33. The van der Waals surface area contributed by atoms with Crippen molar-refractivity contribution in [1.29, 1.82) is 0 Å². The maximum atomic E-state index is 11.9. The fraction of sp³-hybridized carbons (Fsp3) is 0.500. The molecule has 1 saturated heterocycles. The van der Waals surface area contributed by atoms with Crippen LogP contribution in [0.15, 0.2) is 22.8 Å². The Morgan fingerprint density at radius 3 is 3.20 bits per heavy atom. The Kier molecular flexibility index (Phi) is 3.03. The van der Waals surface area contributed by atoms with Gasteiger partial charge in [0.1, 0.15) is 0 Å². The van der Waals surface area contributed by atoms with Gasteiger partial charge < -0.3 is 19.2 Å². The van der Waals surface area contributed by atoms with Crippen LogP contribution in [0, 0.1) is 0 Å². The maximum Gasteiger partial charge on any atom is 0.290 e. The third-order valence-corrected chi connectivity index (χ3v) is 2.43. The summed E-state index contributed by atoms with van der Waals surface area (Å²) >= 11 is 0. The number of morpholine rings is 1. The van der Waals surface area contributed by atoms with Crippen LogP contribution in [-0.4, -0.2) is 48.3 Å². The molecule has 1 amide bonds. The SMILES string of the molecule is O=C(c1ccco1)N1CCOC[C@@H]1CO. The minimum atomic E-state index is -0.267. The Morgan fingerprint density at radius 2 is 2.53 bits per heavy atom. The van der Waals surface area contributed by atoms with Gasteiger partial charge in [0.15, 0.2) is 5.76 Å². The van der Waals surface area contributed by atoms with Crippen molar-refractivity contribution in [2.75, 3.05) is 26.4 Å². The number of hydrogen-bond donors (Lipinski definition) is 1. The first kappa shape index (κ1) is 10.2. The van der Waals surface area contributed by atoms with Crippen molar-refractivity contribution in [3.8, 4) is 0 Å². The number of ether oxygens (including phenoxy) is 1. The lowest BCUT2D eigenvalue weighted by Gasteiger charge is -2.33. The van der Waals surface area contributed by atoms with E-state index >= 15 is 0 Å². The van der Waals surface area contributed by atoms with Crippen molar-refractivity contribution in [2.45, 2.75) is 6.04 Å². The summed E-state index contributed by atoms with van der Waals surface area (Å²) in [4.78, 5) is 13.5. The fourth-order valence-corrected chi connectivity index (χ4v) is 1.62. The number of aliphatic hydroxyl groups is 1. The minimum Gasteiger partial charge on any atom is -0.459 e. The summed E-state index contributed by atoms with van der Waals surface area (Å²) in [5.41, 5.74) is 0. The summed E-state index contributed by atoms with van der Waals surface area (Å²) in [5, 5.41) is 9.10. The van der Waals surface area contributed by atoms with Crippen LogP contribution in [-0.2, 0) is 4.74 Å². The molecule has 0 spiro atoms. The van der Waals surface area contributed by atoms with E-state index in [1.54, 1.807) is 17.0 Å². The van der Waals surface area contributed by atoms with E-state index in [0.29, 0.717) is 25.5 Å². The molecule has 0 aromatic carbocycles. The van der Waals surface area contributed by atoms with E-state index in [4.69, 9.17) is 14.3 Å². The summed E-state index contributed by atoms with van der Waals surface area (Å²) in [6, 6.07) is 3.02. The third kappa shape index (κ3) is 2.03. The van der Waals surface area contributed by atoms with Gasteiger partial charge in [-0.1, -0.05) is 0 Å². The normalized spacial score (nSPS) is 21.7. The molecule has 0 radical (unpaired) electrons. The highest BCUT2D eigenvalue weighted by molar-refractivity contribution is 5.91. The number of rotatable bonds is 2. The lowest BCUT2D eigenvalue weighted by Crippen LogP contribution is -2.50. The molecule has 5 heteroatoms. The molecule has 1 aromatic rings. The fourth-order valence-electron chi connectivity index (χ4n) is 1.62. The molecule has 0 unspecified atom stereocenters. The van der Waals surface area contributed by atoms with Crippen molar-refractivity contribution >= 4 is 5.91 Å². The molecule has 1 aliphatic heterocycles. The Labute approximate surface area is 87.2 Å². The van der Waals surface area contributed by atoms with E-state index in [9.17, 15) is 4.79 Å². The number of nitrogens with zero attached hydrogens (tertiary/aromatic N) is 1. The summed E-state index contributed by atoms with van der Waals surface area (Å²) in [7, 11) is 0. The van der Waals surface area contributed by atoms with Gasteiger partial charge in [0.25, 0.3) is 5.91 Å². The predicted octanol–water partition coefficient (Wildman–Crippen LogP) is 0.113. The second kappa shape index (κ2) is 4.46. The van der Waals surface area contributed by atoms with Crippen LogP contribution < -0.4 is 0 Å². The van der Waals surface area contributed by atoms with E-state index in [1.165, 1.54) is 6.26 Å². The second-order valence-electron chi connectivity index (χ2n) is 3.39. The van der Waals surface area contributed by atoms with Gasteiger partial charge in [0.05, 0.1) is 32.1 Å². The first-order chi connectivity index (χ1) is 7.33. The predicted molar refractivity (Wildman–Crippen MR) is 51.4 cm³/mol. The molecule has 82 valence electrons. The molecule has 0 saturated carbocycles. The Bertz CT molecular complexity index is 322. The number of carbonyl (C=O) groups is 1. The smallest absolute Gasteiger partial charge is 0.290 e. The lowest BCUT2D eigenvalue weighted by molar-refractivity contribution is -0.0196. The van der Waals surface area contributed by atoms with Crippen LogP contribution in [0.3, 0.4) is 0 Å². The topological polar surface area (TPSA) is 62.9 Å². The highest BCUT2D eigenvalue weighted by Gasteiger charge is 2.28. The van der Waals surface area contributed by atoms with Gasteiger partial charge in [-0.25, -0.2) is 0 Å². The van der Waals surface area contributed by atoms with E-state index in [0.717, 1.165) is 0 Å². The zero-order chi connectivity index (χ0) is 10.7. The molecule has 1 atom stereocenters. The minimum absolute atomic E-state index is 0.0908. The quantitative estimate of drug-likeness (QED) is 0.754. The van der Waals surface area contributed by atoms with Gasteiger partial charge in [-0.15, -0.1) is 0 Å². The zero-order valence-electron chi connectivity index (χ0n) is 8.26. The van der Waals surface area contributed by atoms with Crippen molar-refractivity contribution in [3.63, 3.8) is 0 Å². The number of furan rings is 1. The molecule has 1 aliphatic rings. The average molecular weight is 211 g/mol. The van der Waals surface area contributed by atoms with Gasteiger partial charge in [-0.3, -0.25) is 4.79 Å². The molecule has 2 rings (SSSR count). The molecule has 5 nitrogen and oxygen atoms in total. The van der Waals surface area contributed by atoms with E-state index in [1.807, 2.05) is 0 Å². The van der Waals surface area contributed by atoms with Crippen LogP contribution in [0.1, 0.15) is 10.6 Å². The summed E-state index contributed by atoms with van der Waals surface area (Å²) in [6.45, 7) is 1.28. The van der Waals surface area contributed by atoms with Gasteiger partial charge in [-0.05, 0) is 12.1 Å². The van der Waals surface area contributed by atoms with E-state index in [-0.39, 0.29) is 18.6 Å². The van der Waals surface area contributed by atoms with Crippen LogP contribution in [0.5, 0.6) is 0 Å². The summed E-state index contributed by atoms with van der Waals surface area (Å²) < 4.78 is 10.2. The molecule has 1 N–H and O–H groups in total. The Balaban J connectivity index is 2.11. The molecular formula is C10H13NO4. The Morgan fingerprint density at radius 1 is 1.67 bits per heavy atom. The number of aliphatic hydroxyl groups excluding tert-OH is 1. The molecular weight excluding hydrogens is 198 g/mol. The highest BCUT2D eigenvalue weighted by Crippen LogP contribution is 2.12. The van der Waals surface area contributed by atoms with Gasteiger partial charge in [0.2, 0.25) is 0 Å².